The molecule has 2 unspecified atom stereocenters. The Morgan fingerprint density at radius 1 is 1.25 bits per heavy atom. The Balaban J connectivity index is 2.49. The smallest absolute Gasteiger partial charge is 0.386 e. The van der Waals surface area contributed by atoms with Crippen LogP contribution in [-0.4, -0.2) is 18.1 Å². The molecule has 0 aromatic heterocycles. The molecule has 0 aromatic rings. The normalized spacial score (nSPS) is 26.2. The molecule has 0 aliphatic heterocycles. The third kappa shape index (κ3) is 3.50. The number of carbonyl (C=O) groups excluding carboxylic acids is 2. The van der Waals surface area contributed by atoms with Gasteiger partial charge in [0.05, 0.1) is 5.92 Å². The van der Waals surface area contributed by atoms with Crippen LogP contribution in [-0.2, 0) is 14.3 Å². The van der Waals surface area contributed by atoms with Crippen LogP contribution < -0.4 is 0 Å². The fourth-order valence-corrected chi connectivity index (χ4v) is 1.88. The van der Waals surface area contributed by atoms with Gasteiger partial charge in [0.1, 0.15) is 0 Å². The minimum absolute atomic E-state index is 0.285. The highest BCUT2D eigenvalue weighted by Crippen LogP contribution is 2.30. The lowest BCUT2D eigenvalue weighted by Crippen LogP contribution is -2.32. The van der Waals surface area contributed by atoms with E-state index in [9.17, 15) is 22.8 Å². The van der Waals surface area contributed by atoms with Gasteiger partial charge in [0.2, 0.25) is 0 Å². The average molecular weight is 238 g/mol. The summed E-state index contributed by atoms with van der Waals surface area (Å²) in [5.74, 6) is -3.76. The molecule has 1 fully saturated rings. The standard InChI is InChI=1S/C10H13F3O3/c1-6-3-2-4-7(5-6)8(14)16-9(15)10(11,12)13/h6-7H,2-5H2,1H3. The van der Waals surface area contributed by atoms with Gasteiger partial charge in [0.25, 0.3) is 0 Å². The fourth-order valence-electron chi connectivity index (χ4n) is 1.88. The summed E-state index contributed by atoms with van der Waals surface area (Å²) in [6.45, 7) is 1.92. The molecule has 1 rings (SSSR count). The zero-order chi connectivity index (χ0) is 12.3. The molecule has 0 saturated heterocycles. The van der Waals surface area contributed by atoms with Crippen LogP contribution in [0.5, 0.6) is 0 Å². The van der Waals surface area contributed by atoms with E-state index in [0.29, 0.717) is 12.8 Å². The molecule has 0 bridgehead atoms. The van der Waals surface area contributed by atoms with Crippen LogP contribution in [0.25, 0.3) is 0 Å². The third-order valence-electron chi connectivity index (χ3n) is 2.69. The summed E-state index contributed by atoms with van der Waals surface area (Å²) in [6, 6.07) is 0. The maximum absolute atomic E-state index is 11.8. The number of rotatable bonds is 1. The molecule has 16 heavy (non-hydrogen) atoms. The molecule has 6 heteroatoms. The molecule has 0 aromatic carbocycles. The summed E-state index contributed by atoms with van der Waals surface area (Å²) in [4.78, 5) is 21.7. The molecule has 0 heterocycles. The van der Waals surface area contributed by atoms with E-state index in [1.54, 1.807) is 0 Å². The Morgan fingerprint density at radius 2 is 1.88 bits per heavy atom. The lowest BCUT2D eigenvalue weighted by molar-refractivity contribution is -0.203. The van der Waals surface area contributed by atoms with E-state index >= 15 is 0 Å². The minimum Gasteiger partial charge on any atom is -0.386 e. The van der Waals surface area contributed by atoms with Crippen molar-refractivity contribution in [2.45, 2.75) is 38.8 Å². The first-order chi connectivity index (χ1) is 7.30. The molecular formula is C10H13F3O3. The number of alkyl halides is 3. The number of hydrogen-bond donors (Lipinski definition) is 0. The van der Waals surface area contributed by atoms with Crippen LogP contribution in [0.2, 0.25) is 0 Å². The first kappa shape index (κ1) is 13.0. The van der Waals surface area contributed by atoms with Crippen molar-refractivity contribution in [3.05, 3.63) is 0 Å². The molecule has 2 atom stereocenters. The van der Waals surface area contributed by atoms with Gasteiger partial charge in [-0.15, -0.1) is 0 Å². The molecule has 92 valence electrons. The molecule has 3 nitrogen and oxygen atoms in total. The predicted molar refractivity (Wildman–Crippen MR) is 48.3 cm³/mol. The summed E-state index contributed by atoms with van der Waals surface area (Å²) >= 11 is 0. The van der Waals surface area contributed by atoms with Gasteiger partial charge >= 0.3 is 18.1 Å². The first-order valence-corrected chi connectivity index (χ1v) is 5.13. The number of esters is 2. The highest BCUT2D eigenvalue weighted by atomic mass is 19.4. The first-order valence-electron chi connectivity index (χ1n) is 5.13. The molecular weight excluding hydrogens is 225 g/mol. The Morgan fingerprint density at radius 3 is 2.38 bits per heavy atom. The van der Waals surface area contributed by atoms with Crippen LogP contribution in [0.15, 0.2) is 0 Å². The van der Waals surface area contributed by atoms with Crippen LogP contribution in [0.3, 0.4) is 0 Å². The summed E-state index contributed by atoms with van der Waals surface area (Å²) in [5.41, 5.74) is 0. The van der Waals surface area contributed by atoms with Gasteiger partial charge in [-0.2, -0.15) is 13.2 Å². The van der Waals surface area contributed by atoms with Crippen molar-refractivity contribution in [3.63, 3.8) is 0 Å². The number of carbonyl (C=O) groups is 2. The molecule has 0 radical (unpaired) electrons. The minimum atomic E-state index is -5.10. The second kappa shape index (κ2) is 4.84. The Bertz CT molecular complexity index is 286. The topological polar surface area (TPSA) is 43.4 Å². The van der Waals surface area contributed by atoms with Gasteiger partial charge in [-0.1, -0.05) is 19.8 Å². The lowest BCUT2D eigenvalue weighted by atomic mass is 9.82. The maximum atomic E-state index is 11.8. The average Bonchev–Trinajstić information content (AvgIpc) is 2.16. The second-order valence-corrected chi connectivity index (χ2v) is 4.18. The molecule has 1 aliphatic rings. The summed E-state index contributed by atoms with van der Waals surface area (Å²) < 4.78 is 39.3. The van der Waals surface area contributed by atoms with Gasteiger partial charge in [-0.25, -0.2) is 4.79 Å². The fraction of sp³-hybridized carbons (Fsp3) is 0.800. The third-order valence-corrected chi connectivity index (χ3v) is 2.69. The van der Waals surface area contributed by atoms with Crippen molar-refractivity contribution in [2.24, 2.45) is 11.8 Å². The Labute approximate surface area is 91.0 Å². The van der Waals surface area contributed by atoms with Gasteiger partial charge in [-0.05, 0) is 18.8 Å². The lowest BCUT2D eigenvalue weighted by Gasteiger charge is -2.24. The van der Waals surface area contributed by atoms with Crippen molar-refractivity contribution in [2.75, 3.05) is 0 Å². The zero-order valence-corrected chi connectivity index (χ0v) is 8.84. The quantitative estimate of drug-likeness (QED) is 0.520. The van der Waals surface area contributed by atoms with E-state index in [2.05, 4.69) is 4.74 Å². The van der Waals surface area contributed by atoms with Crippen LogP contribution in [0, 0.1) is 11.8 Å². The van der Waals surface area contributed by atoms with Crippen LogP contribution in [0.1, 0.15) is 32.6 Å². The zero-order valence-electron chi connectivity index (χ0n) is 8.84. The monoisotopic (exact) mass is 238 g/mol. The maximum Gasteiger partial charge on any atom is 0.491 e. The molecule has 1 saturated carbocycles. The highest BCUT2D eigenvalue weighted by molar-refractivity contribution is 5.89. The van der Waals surface area contributed by atoms with Crippen molar-refractivity contribution < 1.29 is 27.5 Å². The van der Waals surface area contributed by atoms with E-state index in [1.807, 2.05) is 6.92 Å². The predicted octanol–water partition coefficient (Wildman–Crippen LogP) is 2.44. The Hall–Kier alpha value is -1.07. The van der Waals surface area contributed by atoms with Crippen molar-refractivity contribution >= 4 is 11.9 Å². The SMILES string of the molecule is CC1CCCC(C(=O)OC(=O)C(F)(F)F)C1. The number of hydrogen-bond acceptors (Lipinski definition) is 3. The number of ether oxygens (including phenoxy) is 1. The summed E-state index contributed by atoms with van der Waals surface area (Å²) in [5, 5.41) is 0. The van der Waals surface area contributed by atoms with Gasteiger partial charge in [0.15, 0.2) is 0 Å². The van der Waals surface area contributed by atoms with Crippen molar-refractivity contribution in [1.82, 2.24) is 0 Å². The Kier molecular flexibility index (Phi) is 3.93. The molecule has 0 amide bonds. The van der Waals surface area contributed by atoms with E-state index in [4.69, 9.17) is 0 Å². The van der Waals surface area contributed by atoms with E-state index < -0.39 is 24.0 Å². The molecule has 0 spiro atoms. The van der Waals surface area contributed by atoms with Crippen molar-refractivity contribution in [1.29, 1.82) is 0 Å². The van der Waals surface area contributed by atoms with Gasteiger partial charge < -0.3 is 4.74 Å². The van der Waals surface area contributed by atoms with Crippen molar-refractivity contribution in [3.8, 4) is 0 Å². The number of halogens is 3. The van der Waals surface area contributed by atoms with Crippen LogP contribution in [0.4, 0.5) is 13.2 Å². The van der Waals surface area contributed by atoms with Gasteiger partial charge in [0, 0.05) is 0 Å². The molecule has 1 aliphatic carbocycles. The summed E-state index contributed by atoms with van der Waals surface area (Å²) in [6.07, 6.45) is -2.38. The van der Waals surface area contributed by atoms with E-state index in [1.165, 1.54) is 0 Å². The van der Waals surface area contributed by atoms with E-state index in [0.717, 1.165) is 12.8 Å². The highest BCUT2D eigenvalue weighted by Gasteiger charge is 2.43. The summed E-state index contributed by atoms with van der Waals surface area (Å²) in [7, 11) is 0. The molecule has 0 N–H and O–H groups in total. The van der Waals surface area contributed by atoms with Gasteiger partial charge in [-0.3, -0.25) is 4.79 Å². The van der Waals surface area contributed by atoms with Crippen LogP contribution >= 0.6 is 0 Å². The largest absolute Gasteiger partial charge is 0.491 e. The second-order valence-electron chi connectivity index (χ2n) is 4.18. The van der Waals surface area contributed by atoms with E-state index in [-0.39, 0.29) is 5.92 Å².